The Morgan fingerprint density at radius 3 is 2.35 bits per heavy atom. The fraction of sp³-hybridized carbons (Fsp3) is 0.417. The molecule has 0 fully saturated rings. The van der Waals surface area contributed by atoms with Crippen LogP contribution in [0.4, 0.5) is 0 Å². The van der Waals surface area contributed by atoms with Crippen LogP contribution in [0.25, 0.3) is 0 Å². The Hall–Kier alpha value is -0.110. The first kappa shape index (κ1) is 16.9. The summed E-state index contributed by atoms with van der Waals surface area (Å²) in [5.74, 6) is 0. The molecule has 0 radical (unpaired) electrons. The van der Waals surface area contributed by atoms with Gasteiger partial charge in [0.1, 0.15) is 13.2 Å². The molecule has 1 rings (SSSR count). The predicted octanol–water partition coefficient (Wildman–Crippen LogP) is -0.798. The topological polar surface area (TPSA) is 26.3 Å². The zero-order chi connectivity index (χ0) is 12.0. The van der Waals surface area contributed by atoms with Crippen LogP contribution in [-0.2, 0) is 4.18 Å². The summed E-state index contributed by atoms with van der Waals surface area (Å²) in [6.07, 6.45) is 0. The number of quaternary nitrogens is 1. The highest BCUT2D eigenvalue weighted by Crippen LogP contribution is 2.13. The van der Waals surface area contributed by atoms with Crippen molar-refractivity contribution in [1.29, 1.82) is 0 Å². The van der Waals surface area contributed by atoms with Gasteiger partial charge >= 0.3 is 0 Å². The summed E-state index contributed by atoms with van der Waals surface area (Å²) in [5, 5.41) is -0.0398. The normalized spacial score (nSPS) is 10.8. The third-order valence-corrected chi connectivity index (χ3v) is 2.66. The largest absolute Gasteiger partial charge is 1.00 e. The van der Waals surface area contributed by atoms with Crippen molar-refractivity contribution >= 4 is 17.2 Å². The van der Waals surface area contributed by atoms with E-state index in [4.69, 9.17) is 4.18 Å². The molecule has 1 aromatic rings. The van der Waals surface area contributed by atoms with Crippen LogP contribution in [0.3, 0.4) is 0 Å². The molecule has 0 spiro atoms. The highest BCUT2D eigenvalue weighted by molar-refractivity contribution is 8.10. The molecular weight excluding hydrogens is 349 g/mol. The van der Waals surface area contributed by atoms with Gasteiger partial charge in [0.25, 0.3) is 0 Å². The number of hydrogen-bond acceptors (Lipinski definition) is 3. The third-order valence-electron chi connectivity index (χ3n) is 1.99. The molecule has 96 valence electrons. The Balaban J connectivity index is 0.00000256. The van der Waals surface area contributed by atoms with E-state index in [2.05, 4.69) is 21.1 Å². The molecule has 5 heteroatoms. The monoisotopic (exact) mass is 367 g/mol. The molecule has 0 amide bonds. The van der Waals surface area contributed by atoms with Gasteiger partial charge in [-0.1, -0.05) is 30.3 Å². The number of nitrogens with zero attached hydrogens (tertiary/aromatic N) is 1. The lowest BCUT2D eigenvalue weighted by Gasteiger charge is -2.22. The highest BCUT2D eigenvalue weighted by atomic mass is 127. The summed E-state index contributed by atoms with van der Waals surface area (Å²) >= 11 is 0.921. The number of hydrogen-bond donors (Lipinski definition) is 0. The van der Waals surface area contributed by atoms with Crippen LogP contribution in [0.1, 0.15) is 10.4 Å². The Kier molecular flexibility index (Phi) is 8.02. The van der Waals surface area contributed by atoms with E-state index >= 15 is 0 Å². The second-order valence-electron chi connectivity index (χ2n) is 4.57. The van der Waals surface area contributed by atoms with Crippen LogP contribution in [0, 0.1) is 0 Å². The van der Waals surface area contributed by atoms with Gasteiger partial charge in [0.15, 0.2) is 0 Å². The lowest BCUT2D eigenvalue weighted by molar-refractivity contribution is -0.870. The van der Waals surface area contributed by atoms with E-state index in [9.17, 15) is 4.79 Å². The summed E-state index contributed by atoms with van der Waals surface area (Å²) in [6, 6.07) is 9.16. The molecule has 0 aliphatic rings. The van der Waals surface area contributed by atoms with Crippen molar-refractivity contribution in [3.63, 3.8) is 0 Å². The van der Waals surface area contributed by atoms with E-state index < -0.39 is 0 Å². The van der Waals surface area contributed by atoms with Gasteiger partial charge in [-0.15, -0.1) is 0 Å². The summed E-state index contributed by atoms with van der Waals surface area (Å²) < 4.78 is 6.11. The number of benzene rings is 1. The Morgan fingerprint density at radius 1 is 1.24 bits per heavy atom. The average Bonchev–Trinajstić information content (AvgIpc) is 2.24. The quantitative estimate of drug-likeness (QED) is 0.295. The molecule has 0 aromatic heterocycles. The van der Waals surface area contributed by atoms with E-state index in [0.29, 0.717) is 12.2 Å². The first-order valence-corrected chi connectivity index (χ1v) is 5.92. The average molecular weight is 367 g/mol. The van der Waals surface area contributed by atoms with Gasteiger partial charge in [-0.2, -0.15) is 0 Å². The number of halogens is 1. The number of carbonyl (C=O) groups is 1. The molecule has 0 aliphatic carbocycles. The maximum absolute atomic E-state index is 11.6. The molecule has 0 aliphatic heterocycles. The van der Waals surface area contributed by atoms with Crippen molar-refractivity contribution in [3.05, 3.63) is 35.9 Å². The van der Waals surface area contributed by atoms with Crippen molar-refractivity contribution in [3.8, 4) is 0 Å². The predicted molar refractivity (Wildman–Crippen MR) is 67.2 cm³/mol. The molecule has 0 saturated heterocycles. The van der Waals surface area contributed by atoms with Crippen LogP contribution < -0.4 is 24.0 Å². The van der Waals surface area contributed by atoms with E-state index in [1.54, 1.807) is 12.1 Å². The summed E-state index contributed by atoms with van der Waals surface area (Å²) in [5.41, 5.74) is 0.678. The minimum absolute atomic E-state index is 0. The molecule has 0 unspecified atom stereocenters. The lowest BCUT2D eigenvalue weighted by atomic mass is 10.2. The molecule has 17 heavy (non-hydrogen) atoms. The van der Waals surface area contributed by atoms with Crippen molar-refractivity contribution in [2.45, 2.75) is 0 Å². The van der Waals surface area contributed by atoms with E-state index in [1.165, 1.54) is 0 Å². The Labute approximate surface area is 124 Å². The Bertz CT molecular complexity index is 338. The van der Waals surface area contributed by atoms with Gasteiger partial charge in [0.05, 0.1) is 33.2 Å². The smallest absolute Gasteiger partial charge is 0.246 e. The molecule has 0 bridgehead atoms. The second kappa shape index (κ2) is 8.07. The van der Waals surface area contributed by atoms with E-state index in [-0.39, 0.29) is 29.1 Å². The first-order chi connectivity index (χ1) is 7.49. The van der Waals surface area contributed by atoms with Gasteiger partial charge in [-0.3, -0.25) is 4.79 Å². The second-order valence-corrected chi connectivity index (χ2v) is 5.35. The molecule has 0 atom stereocenters. The van der Waals surface area contributed by atoms with Crippen LogP contribution in [0.2, 0.25) is 0 Å². The molecule has 0 saturated carbocycles. The van der Waals surface area contributed by atoms with Crippen LogP contribution in [0.5, 0.6) is 0 Å². The summed E-state index contributed by atoms with van der Waals surface area (Å²) in [4.78, 5) is 11.6. The SMILES string of the molecule is C[N+](C)(C)CCOSC(=O)c1ccccc1.[I-]. The molecule has 0 N–H and O–H groups in total. The number of carbonyl (C=O) groups excluding carboxylic acids is 1. The van der Waals surface area contributed by atoms with Gasteiger partial charge in [-0.25, -0.2) is 0 Å². The fourth-order valence-electron chi connectivity index (χ4n) is 1.03. The van der Waals surface area contributed by atoms with Gasteiger partial charge in [0, 0.05) is 5.56 Å². The van der Waals surface area contributed by atoms with Crippen molar-refractivity contribution in [1.82, 2.24) is 0 Å². The molecular formula is C12H18INO2S. The van der Waals surface area contributed by atoms with Crippen molar-refractivity contribution in [2.24, 2.45) is 0 Å². The van der Waals surface area contributed by atoms with E-state index in [1.807, 2.05) is 18.2 Å². The highest BCUT2D eigenvalue weighted by Gasteiger charge is 2.09. The molecule has 1 aromatic carbocycles. The first-order valence-electron chi connectivity index (χ1n) is 5.18. The van der Waals surface area contributed by atoms with Gasteiger partial charge in [-0.05, 0) is 0 Å². The maximum atomic E-state index is 11.6. The fourth-order valence-corrected chi connectivity index (χ4v) is 1.53. The van der Waals surface area contributed by atoms with Crippen molar-refractivity contribution in [2.75, 3.05) is 34.3 Å². The Morgan fingerprint density at radius 2 is 1.82 bits per heavy atom. The third kappa shape index (κ3) is 7.75. The zero-order valence-electron chi connectivity index (χ0n) is 10.4. The lowest BCUT2D eigenvalue weighted by Crippen LogP contribution is -3.00. The minimum Gasteiger partial charge on any atom is -1.00 e. The standard InChI is InChI=1S/C12H18NO2S.HI/c1-13(2,3)9-10-15-16-12(14)11-7-5-4-6-8-11;/h4-8H,9-10H2,1-3H3;1H/q+1;/p-1. The van der Waals surface area contributed by atoms with E-state index in [0.717, 1.165) is 23.1 Å². The summed E-state index contributed by atoms with van der Waals surface area (Å²) in [6.45, 7) is 1.46. The summed E-state index contributed by atoms with van der Waals surface area (Å²) in [7, 11) is 6.27. The van der Waals surface area contributed by atoms with Gasteiger partial charge in [0.2, 0.25) is 5.12 Å². The maximum Gasteiger partial charge on any atom is 0.246 e. The zero-order valence-corrected chi connectivity index (χ0v) is 13.3. The van der Waals surface area contributed by atoms with Crippen molar-refractivity contribution < 1.29 is 37.4 Å². The van der Waals surface area contributed by atoms with Crippen LogP contribution >= 0.6 is 12.0 Å². The van der Waals surface area contributed by atoms with Crippen LogP contribution in [-0.4, -0.2) is 43.9 Å². The van der Waals surface area contributed by atoms with Gasteiger partial charge < -0.3 is 32.6 Å². The minimum atomic E-state index is -0.0398. The van der Waals surface area contributed by atoms with Crippen LogP contribution in [0.15, 0.2) is 30.3 Å². The molecule has 0 heterocycles. The number of rotatable bonds is 5. The number of likely N-dealkylation sites (N-methyl/N-ethyl adjacent to an activating group) is 1. The molecule has 3 nitrogen and oxygen atoms in total.